The van der Waals surface area contributed by atoms with Gasteiger partial charge in [0.2, 0.25) is 0 Å². The molecule has 0 fully saturated rings. The second-order valence-corrected chi connectivity index (χ2v) is 31.2. The Morgan fingerprint density at radius 3 is 0.667 bits per heavy atom. The Hall–Kier alpha value is 0.468. The van der Waals surface area contributed by atoms with Crippen LogP contribution in [0.5, 0.6) is 0 Å². The highest BCUT2D eigenvalue weighted by Gasteiger charge is 2.40. The lowest BCUT2D eigenvalue weighted by Gasteiger charge is -2.28. The lowest BCUT2D eigenvalue weighted by atomic mass is 10.4. The Morgan fingerprint density at radius 1 is 0.278 bits per heavy atom. The first-order valence-corrected chi connectivity index (χ1v) is 32.3. The maximum Gasteiger partial charge on any atom is 0.500 e. The zero-order valence-electron chi connectivity index (χ0n) is 38.2. The molecule has 0 aliphatic heterocycles. The third kappa shape index (κ3) is 26.5. The first-order chi connectivity index (χ1) is 26.1. The van der Waals surface area contributed by atoms with Crippen LogP contribution in [-0.2, 0) is 26.6 Å². The van der Waals surface area contributed by atoms with E-state index in [1.165, 1.54) is 74.3 Å². The molecule has 0 bridgehead atoms. The largest absolute Gasteiger partial charge is 0.500 e. The molecule has 0 aromatic heterocycles. The third-order valence-electron chi connectivity index (χ3n) is 11.4. The zero-order valence-corrected chi connectivity index (χ0v) is 42.2. The van der Waals surface area contributed by atoms with E-state index in [1.54, 1.807) is 0 Å². The molecule has 0 saturated heterocycles. The van der Waals surface area contributed by atoms with E-state index in [1.807, 2.05) is 41.5 Å². The smallest absolute Gasteiger partial charge is 0.374 e. The maximum absolute atomic E-state index is 5.89. The van der Waals surface area contributed by atoms with Gasteiger partial charge in [0.05, 0.1) is 16.1 Å². The van der Waals surface area contributed by atoms with Gasteiger partial charge in [0.25, 0.3) is 0 Å². The molecule has 0 heterocycles. The molecule has 14 heteroatoms. The Balaban J connectivity index is 0. The second kappa shape index (κ2) is 37.7. The molecule has 0 aliphatic rings. The molecule has 0 rings (SSSR count). The van der Waals surface area contributed by atoms with Crippen molar-refractivity contribution in [2.75, 3.05) is 92.0 Å². The highest BCUT2D eigenvalue weighted by Crippen LogP contribution is 2.27. The van der Waals surface area contributed by atoms with Crippen LogP contribution in [-0.4, -0.2) is 126 Å². The van der Waals surface area contributed by atoms with Gasteiger partial charge in [-0.2, -0.15) is 0 Å². The van der Waals surface area contributed by atoms with Gasteiger partial charge in [-0.05, 0) is 93.4 Å². The molecule has 4 N–H and O–H groups in total. The minimum atomic E-state index is -2.51. The SMILES string of the molecule is CCO[Si](CCCNCCNCCC[Si](OCC)(OCC)OCC)(OCC)OCC.CC[Si](CC)(CC)CCCNCCNCCC[Si](CC)(CC)CC. The zero-order chi connectivity index (χ0) is 40.9. The van der Waals surface area contributed by atoms with Gasteiger partial charge in [-0.15, -0.1) is 0 Å². The van der Waals surface area contributed by atoms with Crippen LogP contribution < -0.4 is 21.3 Å². The van der Waals surface area contributed by atoms with E-state index in [9.17, 15) is 0 Å². The average molecular weight is 842 g/mol. The topological polar surface area (TPSA) is 104 Å². The van der Waals surface area contributed by atoms with Crippen molar-refractivity contribution < 1.29 is 26.6 Å². The van der Waals surface area contributed by atoms with E-state index >= 15 is 0 Å². The quantitative estimate of drug-likeness (QED) is 0.0353. The number of hydrogen-bond donors (Lipinski definition) is 4. The van der Waals surface area contributed by atoms with Crippen LogP contribution in [0, 0.1) is 0 Å². The minimum absolute atomic E-state index is 0.629. The summed E-state index contributed by atoms with van der Waals surface area (Å²) in [5.41, 5.74) is 0. The molecule has 10 nitrogen and oxygen atoms in total. The van der Waals surface area contributed by atoms with Gasteiger partial charge in [0.1, 0.15) is 0 Å². The monoisotopic (exact) mass is 841 g/mol. The van der Waals surface area contributed by atoms with E-state index in [2.05, 4.69) is 62.8 Å². The predicted octanol–water partition coefficient (Wildman–Crippen LogP) is 9.01. The molecular formula is C40H96N4O6Si4. The standard InChI is InChI=1S/C20H48N2O6Si2.C20H48N2Si2/c1-7-23-29(24-8-2,25-9-3)19-13-15-21-17-18-22-16-14-20-30(26-10-4,27-11-5)28-12-6;1-7-23(8-2,9-3)19-13-15-21-17-18-22-16-14-20-24(10-4,11-5)12-6/h21-22H,7-20H2,1-6H3;21-22H,7-20H2,1-6H3. The van der Waals surface area contributed by atoms with Crippen molar-refractivity contribution in [1.82, 2.24) is 21.3 Å². The van der Waals surface area contributed by atoms with Gasteiger partial charge < -0.3 is 47.8 Å². The molecule has 0 amide bonds. The molecule has 0 aromatic rings. The van der Waals surface area contributed by atoms with Crippen LogP contribution in [0.3, 0.4) is 0 Å². The van der Waals surface area contributed by atoms with Crippen molar-refractivity contribution in [3.05, 3.63) is 0 Å². The first-order valence-electron chi connectivity index (χ1n) is 22.8. The van der Waals surface area contributed by atoms with Gasteiger partial charge >= 0.3 is 17.6 Å². The van der Waals surface area contributed by atoms with Crippen molar-refractivity contribution in [3.63, 3.8) is 0 Å². The summed E-state index contributed by atoms with van der Waals surface area (Å²) < 4.78 is 35.3. The maximum atomic E-state index is 5.89. The van der Waals surface area contributed by atoms with Crippen molar-refractivity contribution in [2.24, 2.45) is 0 Å². The van der Waals surface area contributed by atoms with Crippen LogP contribution in [0.25, 0.3) is 0 Å². The van der Waals surface area contributed by atoms with E-state index in [-0.39, 0.29) is 0 Å². The average Bonchev–Trinajstić information content (AvgIpc) is 3.17. The van der Waals surface area contributed by atoms with Crippen LogP contribution in [0.1, 0.15) is 109 Å². The number of hydrogen-bond acceptors (Lipinski definition) is 10. The Labute approximate surface area is 341 Å². The first kappa shape index (κ1) is 56.6. The summed E-state index contributed by atoms with van der Waals surface area (Å²) in [5, 5.41) is 14.2. The highest BCUT2D eigenvalue weighted by molar-refractivity contribution is 6.80. The van der Waals surface area contributed by atoms with Crippen LogP contribution in [0.4, 0.5) is 0 Å². The minimum Gasteiger partial charge on any atom is -0.374 e. The second-order valence-electron chi connectivity index (χ2n) is 14.5. The molecule has 0 spiro atoms. The molecule has 0 aromatic carbocycles. The molecule has 0 radical (unpaired) electrons. The fourth-order valence-electron chi connectivity index (χ4n) is 7.45. The summed E-state index contributed by atoms with van der Waals surface area (Å²) in [7, 11) is -6.78. The van der Waals surface area contributed by atoms with E-state index < -0.39 is 33.8 Å². The van der Waals surface area contributed by atoms with Crippen molar-refractivity contribution in [2.45, 2.75) is 169 Å². The van der Waals surface area contributed by atoms with Crippen LogP contribution in [0.15, 0.2) is 0 Å². The fraction of sp³-hybridized carbons (Fsp3) is 1.00. The van der Waals surface area contributed by atoms with Crippen molar-refractivity contribution in [1.29, 1.82) is 0 Å². The summed E-state index contributed by atoms with van der Waals surface area (Å²) in [6, 6.07) is 13.6. The lowest BCUT2D eigenvalue weighted by molar-refractivity contribution is 0.0700. The Bertz CT molecular complexity index is 676. The molecule has 0 aliphatic carbocycles. The molecular weight excluding hydrogens is 745 g/mol. The van der Waals surface area contributed by atoms with E-state index in [4.69, 9.17) is 26.6 Å². The van der Waals surface area contributed by atoms with E-state index in [0.29, 0.717) is 39.6 Å². The molecule has 54 heavy (non-hydrogen) atoms. The summed E-state index contributed by atoms with van der Waals surface area (Å²) in [6.07, 6.45) is 4.74. The molecule has 328 valence electrons. The van der Waals surface area contributed by atoms with Gasteiger partial charge in [0.15, 0.2) is 0 Å². The number of nitrogens with one attached hydrogen (secondary N) is 4. The molecule has 0 atom stereocenters. The van der Waals surface area contributed by atoms with Gasteiger partial charge in [-0.3, -0.25) is 0 Å². The summed E-state index contributed by atoms with van der Waals surface area (Å²) in [4.78, 5) is 0. The van der Waals surface area contributed by atoms with Crippen LogP contribution in [0.2, 0.25) is 60.4 Å². The lowest BCUT2D eigenvalue weighted by Crippen LogP contribution is -2.46. The molecule has 0 saturated carbocycles. The van der Waals surface area contributed by atoms with Gasteiger partial charge in [0, 0.05) is 77.9 Å². The normalized spacial score (nSPS) is 12.7. The number of rotatable bonds is 40. The van der Waals surface area contributed by atoms with Gasteiger partial charge in [-0.25, -0.2) is 0 Å². The molecule has 0 unspecified atom stereocenters. The summed E-state index contributed by atoms with van der Waals surface area (Å²) in [5.74, 6) is 0. The predicted molar refractivity (Wildman–Crippen MR) is 245 cm³/mol. The Kier molecular flexibility index (Phi) is 39.5. The van der Waals surface area contributed by atoms with Crippen molar-refractivity contribution >= 4 is 33.8 Å². The third-order valence-corrected chi connectivity index (χ3v) is 29.6. The highest BCUT2D eigenvalue weighted by atomic mass is 28.4. The van der Waals surface area contributed by atoms with Gasteiger partial charge in [-0.1, -0.05) is 89.9 Å². The Morgan fingerprint density at radius 2 is 0.481 bits per heavy atom. The van der Waals surface area contributed by atoms with Crippen molar-refractivity contribution in [3.8, 4) is 0 Å². The van der Waals surface area contributed by atoms with Crippen LogP contribution >= 0.6 is 0 Å². The fourth-order valence-corrected chi connectivity index (χ4v) is 19.7. The summed E-state index contributed by atoms with van der Waals surface area (Å²) in [6.45, 7) is 38.7. The van der Waals surface area contributed by atoms with E-state index in [0.717, 1.165) is 64.2 Å². The summed E-state index contributed by atoms with van der Waals surface area (Å²) >= 11 is 0.